The summed E-state index contributed by atoms with van der Waals surface area (Å²) in [6.07, 6.45) is 1.66. The summed E-state index contributed by atoms with van der Waals surface area (Å²) >= 11 is 8.77. The van der Waals surface area contributed by atoms with E-state index in [2.05, 4.69) is 59.4 Å². The molecule has 1 heterocycles. The van der Waals surface area contributed by atoms with Crippen molar-refractivity contribution in [3.8, 4) is 0 Å². The minimum absolute atomic E-state index is 0.0180. The van der Waals surface area contributed by atoms with E-state index in [4.69, 9.17) is 0 Å². The Morgan fingerprint density at radius 2 is 1.93 bits per heavy atom. The van der Waals surface area contributed by atoms with E-state index >= 15 is 0 Å². The molecular formula is C9H4Br2INO. The number of halogens is 3. The Balaban J connectivity index is 3.09. The third-order valence-electron chi connectivity index (χ3n) is 1.89. The topological polar surface area (TPSA) is 32.9 Å². The molecule has 0 atom stereocenters. The molecule has 14 heavy (non-hydrogen) atoms. The molecule has 0 fully saturated rings. The number of pyridine rings is 1. The molecule has 0 unspecified atom stereocenters. The van der Waals surface area contributed by atoms with Crippen molar-refractivity contribution in [3.05, 3.63) is 41.1 Å². The number of aromatic amines is 1. The number of fused-ring (bicyclic) bond motifs is 1. The fraction of sp³-hybridized carbons (Fsp3) is 0. The van der Waals surface area contributed by atoms with E-state index in [1.54, 1.807) is 6.20 Å². The average Bonchev–Trinajstić information content (AvgIpc) is 2.16. The van der Waals surface area contributed by atoms with Gasteiger partial charge in [-0.25, -0.2) is 0 Å². The van der Waals surface area contributed by atoms with Crippen LogP contribution in [-0.2, 0) is 0 Å². The molecule has 0 aliphatic heterocycles. The summed E-state index contributed by atoms with van der Waals surface area (Å²) in [6.45, 7) is 0. The third-order valence-corrected chi connectivity index (χ3v) is 4.04. The van der Waals surface area contributed by atoms with Gasteiger partial charge in [-0.3, -0.25) is 4.79 Å². The Kier molecular flexibility index (Phi) is 2.99. The maximum Gasteiger partial charge on any atom is 0.204 e. The van der Waals surface area contributed by atoms with E-state index in [1.165, 1.54) is 0 Å². The number of hydrogen-bond donors (Lipinski definition) is 1. The Labute approximate surface area is 110 Å². The van der Waals surface area contributed by atoms with Crippen LogP contribution < -0.4 is 5.43 Å². The van der Waals surface area contributed by atoms with Gasteiger partial charge in [0.2, 0.25) is 5.43 Å². The Morgan fingerprint density at radius 1 is 1.21 bits per heavy atom. The largest absolute Gasteiger partial charge is 0.359 e. The standard InChI is InChI=1S/C9H4Br2INO/c10-4-1-2-6(12)7-8(4)13-3-5(11)9(7)14/h1-3H,(H,13,14). The summed E-state index contributed by atoms with van der Waals surface area (Å²) < 4.78 is 2.40. The molecule has 1 N–H and O–H groups in total. The molecular weight excluding hydrogens is 425 g/mol. The van der Waals surface area contributed by atoms with Crippen molar-refractivity contribution in [1.82, 2.24) is 4.98 Å². The maximum atomic E-state index is 11.8. The van der Waals surface area contributed by atoms with E-state index < -0.39 is 0 Å². The van der Waals surface area contributed by atoms with Crippen LogP contribution in [-0.4, -0.2) is 4.98 Å². The molecule has 0 aliphatic rings. The van der Waals surface area contributed by atoms with Gasteiger partial charge in [-0.15, -0.1) is 0 Å². The average molecular weight is 429 g/mol. The van der Waals surface area contributed by atoms with E-state index in [1.807, 2.05) is 12.1 Å². The highest BCUT2D eigenvalue weighted by molar-refractivity contribution is 14.1. The van der Waals surface area contributed by atoms with Gasteiger partial charge in [0.1, 0.15) is 0 Å². The van der Waals surface area contributed by atoms with Gasteiger partial charge in [0, 0.05) is 14.2 Å². The highest BCUT2D eigenvalue weighted by Gasteiger charge is 2.08. The Bertz CT molecular complexity index is 564. The van der Waals surface area contributed by atoms with Gasteiger partial charge in [0.05, 0.1) is 15.4 Å². The second-order valence-electron chi connectivity index (χ2n) is 2.74. The molecule has 0 saturated carbocycles. The highest BCUT2D eigenvalue weighted by atomic mass is 127. The molecule has 5 heteroatoms. The molecule has 0 amide bonds. The van der Waals surface area contributed by atoms with E-state index in [-0.39, 0.29) is 5.43 Å². The van der Waals surface area contributed by atoms with Crippen molar-refractivity contribution >= 4 is 65.4 Å². The number of H-pyrrole nitrogens is 1. The molecule has 0 radical (unpaired) electrons. The van der Waals surface area contributed by atoms with E-state index in [0.717, 1.165) is 13.6 Å². The van der Waals surface area contributed by atoms with Crippen LogP contribution in [0.4, 0.5) is 0 Å². The predicted octanol–water partition coefficient (Wildman–Crippen LogP) is 3.66. The number of aromatic nitrogens is 1. The monoisotopic (exact) mass is 427 g/mol. The Hall–Kier alpha value is 0.120. The number of nitrogens with one attached hydrogen (secondary N) is 1. The number of rotatable bonds is 0. The van der Waals surface area contributed by atoms with Crippen molar-refractivity contribution in [2.45, 2.75) is 0 Å². The molecule has 0 bridgehead atoms. The normalized spacial score (nSPS) is 10.8. The number of hydrogen-bond acceptors (Lipinski definition) is 1. The fourth-order valence-corrected chi connectivity index (χ4v) is 2.69. The first kappa shape index (κ1) is 10.6. The zero-order chi connectivity index (χ0) is 10.3. The van der Waals surface area contributed by atoms with Crippen LogP contribution in [0.25, 0.3) is 10.9 Å². The van der Waals surface area contributed by atoms with E-state index in [0.29, 0.717) is 9.86 Å². The van der Waals surface area contributed by atoms with Gasteiger partial charge in [-0.05, 0) is 66.6 Å². The molecule has 0 saturated heterocycles. The van der Waals surface area contributed by atoms with Gasteiger partial charge >= 0.3 is 0 Å². The number of benzene rings is 1. The maximum absolute atomic E-state index is 11.8. The highest BCUT2D eigenvalue weighted by Crippen LogP contribution is 2.24. The summed E-state index contributed by atoms with van der Waals surface area (Å²) in [5.74, 6) is 0. The van der Waals surface area contributed by atoms with Gasteiger partial charge in [0.25, 0.3) is 0 Å². The summed E-state index contributed by atoms with van der Waals surface area (Å²) in [6, 6.07) is 3.84. The fourth-order valence-electron chi connectivity index (χ4n) is 1.24. The van der Waals surface area contributed by atoms with E-state index in [9.17, 15) is 4.79 Å². The van der Waals surface area contributed by atoms with Crippen molar-refractivity contribution in [2.24, 2.45) is 0 Å². The van der Waals surface area contributed by atoms with Gasteiger partial charge < -0.3 is 4.98 Å². The first-order chi connectivity index (χ1) is 6.61. The second kappa shape index (κ2) is 3.94. The lowest BCUT2D eigenvalue weighted by atomic mass is 10.2. The first-order valence-corrected chi connectivity index (χ1v) is 6.42. The minimum atomic E-state index is 0.0180. The van der Waals surface area contributed by atoms with Crippen LogP contribution in [0.1, 0.15) is 0 Å². The van der Waals surface area contributed by atoms with Crippen LogP contribution in [0.5, 0.6) is 0 Å². The van der Waals surface area contributed by atoms with Crippen LogP contribution in [0.2, 0.25) is 0 Å². The van der Waals surface area contributed by atoms with Crippen LogP contribution in [0.15, 0.2) is 32.1 Å². The van der Waals surface area contributed by atoms with Crippen molar-refractivity contribution in [2.75, 3.05) is 0 Å². The zero-order valence-corrected chi connectivity index (χ0v) is 12.1. The van der Waals surface area contributed by atoms with Gasteiger partial charge in [-0.1, -0.05) is 0 Å². The smallest absolute Gasteiger partial charge is 0.204 e. The molecule has 72 valence electrons. The molecule has 1 aromatic heterocycles. The summed E-state index contributed by atoms with van der Waals surface area (Å²) in [4.78, 5) is 14.9. The van der Waals surface area contributed by atoms with Crippen LogP contribution in [0.3, 0.4) is 0 Å². The zero-order valence-electron chi connectivity index (χ0n) is 6.77. The molecule has 2 aromatic rings. The quantitative estimate of drug-likeness (QED) is 0.638. The predicted molar refractivity (Wildman–Crippen MR) is 72.7 cm³/mol. The Morgan fingerprint density at radius 3 is 2.64 bits per heavy atom. The SMILES string of the molecule is O=c1c(Br)c[nH]c2c(Br)ccc(I)c12. The summed E-state index contributed by atoms with van der Waals surface area (Å²) in [7, 11) is 0. The van der Waals surface area contributed by atoms with Crippen LogP contribution in [0, 0.1) is 3.57 Å². The van der Waals surface area contributed by atoms with Crippen molar-refractivity contribution in [3.63, 3.8) is 0 Å². The minimum Gasteiger partial charge on any atom is -0.359 e. The molecule has 0 aliphatic carbocycles. The molecule has 2 nitrogen and oxygen atoms in total. The lowest BCUT2D eigenvalue weighted by molar-refractivity contribution is 1.35. The van der Waals surface area contributed by atoms with Gasteiger partial charge in [0.15, 0.2) is 0 Å². The van der Waals surface area contributed by atoms with Crippen molar-refractivity contribution in [1.29, 1.82) is 0 Å². The van der Waals surface area contributed by atoms with Gasteiger partial charge in [-0.2, -0.15) is 0 Å². The van der Waals surface area contributed by atoms with Crippen LogP contribution >= 0.6 is 54.5 Å². The van der Waals surface area contributed by atoms with Crippen molar-refractivity contribution < 1.29 is 0 Å². The molecule has 1 aromatic carbocycles. The summed E-state index contributed by atoms with van der Waals surface area (Å²) in [5, 5.41) is 0.717. The summed E-state index contributed by atoms with van der Waals surface area (Å²) in [5.41, 5.74) is 0.856. The first-order valence-electron chi connectivity index (χ1n) is 3.76. The molecule has 2 rings (SSSR count). The lowest BCUT2D eigenvalue weighted by Crippen LogP contribution is -2.05. The second-order valence-corrected chi connectivity index (χ2v) is 5.62. The third kappa shape index (κ3) is 1.65. The lowest BCUT2D eigenvalue weighted by Gasteiger charge is -2.02. The molecule has 0 spiro atoms.